The van der Waals surface area contributed by atoms with Crippen LogP contribution < -0.4 is 10.1 Å². The molecule has 4 atom stereocenters. The van der Waals surface area contributed by atoms with Gasteiger partial charge in [-0.15, -0.1) is 0 Å². The molecule has 0 spiro atoms. The Morgan fingerprint density at radius 2 is 1.87 bits per heavy atom. The minimum Gasteiger partial charge on any atom is -0.486 e. The summed E-state index contributed by atoms with van der Waals surface area (Å²) < 4.78 is 6.19. The third-order valence-corrected chi connectivity index (χ3v) is 8.44. The lowest BCUT2D eigenvalue weighted by molar-refractivity contribution is -0.139. The third kappa shape index (κ3) is 5.43. The molecular weight excluding hydrogens is 527 g/mol. The summed E-state index contributed by atoms with van der Waals surface area (Å²) in [7, 11) is 0. The second-order valence-corrected chi connectivity index (χ2v) is 11.1. The summed E-state index contributed by atoms with van der Waals surface area (Å²) in [6, 6.07) is 11.7. The van der Waals surface area contributed by atoms with Gasteiger partial charge in [-0.1, -0.05) is 60.3 Å². The van der Waals surface area contributed by atoms with Crippen molar-refractivity contribution in [1.82, 2.24) is 10.2 Å². The average Bonchev–Trinajstić information content (AvgIpc) is 3.56. The second kappa shape index (κ2) is 11.7. The highest BCUT2D eigenvalue weighted by atomic mass is 35.5. The van der Waals surface area contributed by atoms with Gasteiger partial charge in [0, 0.05) is 40.7 Å². The molecule has 5 rings (SSSR count). The van der Waals surface area contributed by atoms with E-state index < -0.39 is 24.2 Å². The molecule has 1 saturated carbocycles. The summed E-state index contributed by atoms with van der Waals surface area (Å²) in [5, 5.41) is 24.6. The molecule has 0 bridgehead atoms. The Kier molecular flexibility index (Phi) is 8.29. The van der Waals surface area contributed by atoms with E-state index in [2.05, 4.69) is 5.32 Å². The number of ether oxygens (including phenoxy) is 1. The summed E-state index contributed by atoms with van der Waals surface area (Å²) in [5.74, 6) is -0.0663. The van der Waals surface area contributed by atoms with Gasteiger partial charge in [0.1, 0.15) is 18.0 Å². The largest absolute Gasteiger partial charge is 0.486 e. The number of halogens is 2. The number of nitrogens with one attached hydrogen (secondary N) is 1. The van der Waals surface area contributed by atoms with Crippen LogP contribution in [-0.2, 0) is 16.1 Å². The van der Waals surface area contributed by atoms with Gasteiger partial charge in [0.15, 0.2) is 0 Å². The van der Waals surface area contributed by atoms with Crippen molar-refractivity contribution in [1.29, 1.82) is 0 Å². The van der Waals surface area contributed by atoms with E-state index in [0.29, 0.717) is 39.3 Å². The first-order valence-electron chi connectivity index (χ1n) is 13.1. The van der Waals surface area contributed by atoms with E-state index in [1.54, 1.807) is 29.2 Å². The summed E-state index contributed by atoms with van der Waals surface area (Å²) in [6.07, 6.45) is 4.45. The molecule has 1 aliphatic heterocycles. The lowest BCUT2D eigenvalue weighted by Gasteiger charge is -2.41. The molecular formula is C29H32Cl2N2O5. The highest BCUT2D eigenvalue weighted by molar-refractivity contribution is 6.35. The Labute approximate surface area is 232 Å². The van der Waals surface area contributed by atoms with Gasteiger partial charge in [0.2, 0.25) is 11.8 Å². The highest BCUT2D eigenvalue weighted by Gasteiger charge is 2.50. The smallest absolute Gasteiger partial charge is 0.247 e. The Morgan fingerprint density at radius 3 is 2.61 bits per heavy atom. The molecule has 7 nitrogen and oxygen atoms in total. The minimum atomic E-state index is -1.08. The first kappa shape index (κ1) is 27.0. The fourth-order valence-corrected chi connectivity index (χ4v) is 6.43. The predicted molar refractivity (Wildman–Crippen MR) is 145 cm³/mol. The van der Waals surface area contributed by atoms with E-state index in [-0.39, 0.29) is 31.5 Å². The summed E-state index contributed by atoms with van der Waals surface area (Å²) >= 11 is 12.6. The number of hydrogen-bond donors (Lipinski definition) is 3. The molecule has 2 aromatic rings. The molecule has 3 N–H and O–H groups in total. The van der Waals surface area contributed by atoms with Gasteiger partial charge in [-0.3, -0.25) is 9.59 Å². The Hall–Kier alpha value is -2.58. The topological polar surface area (TPSA) is 99.1 Å². The number of hydrogen-bond acceptors (Lipinski definition) is 5. The van der Waals surface area contributed by atoms with E-state index in [4.69, 9.17) is 27.9 Å². The summed E-state index contributed by atoms with van der Waals surface area (Å²) in [6.45, 7) is 0.0387. The van der Waals surface area contributed by atoms with E-state index in [0.717, 1.165) is 31.2 Å². The number of amides is 2. The fraction of sp³-hybridized carbons (Fsp3) is 0.448. The van der Waals surface area contributed by atoms with E-state index in [1.165, 1.54) is 0 Å². The van der Waals surface area contributed by atoms with Crippen LogP contribution in [0.25, 0.3) is 0 Å². The number of nitrogens with zero attached hydrogens (tertiary/aromatic N) is 1. The molecule has 1 fully saturated rings. The number of fused-ring (bicyclic) bond motifs is 3. The van der Waals surface area contributed by atoms with E-state index in [9.17, 15) is 19.8 Å². The van der Waals surface area contributed by atoms with Crippen molar-refractivity contribution in [3.05, 3.63) is 75.3 Å². The number of carbonyl (C=O) groups is 2. The van der Waals surface area contributed by atoms with Crippen LogP contribution in [0, 0.1) is 5.92 Å². The zero-order valence-electron chi connectivity index (χ0n) is 21.0. The zero-order valence-corrected chi connectivity index (χ0v) is 22.5. The first-order chi connectivity index (χ1) is 18.4. The van der Waals surface area contributed by atoms with Crippen LogP contribution in [0.4, 0.5) is 0 Å². The third-order valence-electron chi connectivity index (χ3n) is 7.85. The van der Waals surface area contributed by atoms with Gasteiger partial charge in [-0.2, -0.15) is 0 Å². The molecule has 2 aromatic carbocycles. The Morgan fingerprint density at radius 1 is 1.11 bits per heavy atom. The number of rotatable bonds is 8. The standard InChI is InChI=1S/C29H32Cl2N2O5/c30-19-10-9-18(22(31)14-19)16-33(25(35)13-17-5-1-2-6-17)23-15-21(29(37)32-11-12-34)26-20-7-3-4-8-24(20)38-28(26)27(23)36/h3-4,7-10,14-15,17,23,26-28,34,36H,1-2,5-6,11-13,16H2,(H,32,37)/t23-,26+,27+,28+/m1/s1. The van der Waals surface area contributed by atoms with Gasteiger partial charge in [-0.25, -0.2) is 0 Å². The van der Waals surface area contributed by atoms with Gasteiger partial charge < -0.3 is 25.2 Å². The molecule has 0 unspecified atom stereocenters. The quantitative estimate of drug-likeness (QED) is 0.450. The molecule has 202 valence electrons. The van der Waals surface area contributed by atoms with Crippen molar-refractivity contribution < 1.29 is 24.5 Å². The monoisotopic (exact) mass is 558 g/mol. The van der Waals surface area contributed by atoms with Crippen molar-refractivity contribution >= 4 is 35.0 Å². The molecule has 2 amide bonds. The lowest BCUT2D eigenvalue weighted by Crippen LogP contribution is -2.55. The van der Waals surface area contributed by atoms with Crippen molar-refractivity contribution in [2.45, 2.75) is 62.8 Å². The van der Waals surface area contributed by atoms with Crippen LogP contribution in [0.5, 0.6) is 5.75 Å². The second-order valence-electron chi connectivity index (χ2n) is 10.3. The Bertz CT molecular complexity index is 1230. The van der Waals surface area contributed by atoms with Crippen LogP contribution in [0.1, 0.15) is 49.1 Å². The SMILES string of the molecule is O=C(NCCO)C1=C[C@@H](N(Cc2ccc(Cl)cc2Cl)C(=O)CC2CCCC2)[C@H](O)[C@H]2Oc3ccccc3[C@@H]12. The van der Waals surface area contributed by atoms with Crippen LogP contribution in [0.15, 0.2) is 54.1 Å². The van der Waals surface area contributed by atoms with Crippen LogP contribution >= 0.6 is 23.2 Å². The summed E-state index contributed by atoms with van der Waals surface area (Å²) in [5.41, 5.74) is 1.91. The van der Waals surface area contributed by atoms with E-state index in [1.807, 2.05) is 24.3 Å². The normalized spacial score (nSPS) is 24.3. The van der Waals surface area contributed by atoms with Crippen LogP contribution in [-0.4, -0.2) is 58.3 Å². The van der Waals surface area contributed by atoms with Gasteiger partial charge >= 0.3 is 0 Å². The maximum Gasteiger partial charge on any atom is 0.247 e. The molecule has 9 heteroatoms. The highest BCUT2D eigenvalue weighted by Crippen LogP contribution is 2.47. The van der Waals surface area contributed by atoms with Gasteiger partial charge in [0.25, 0.3) is 0 Å². The van der Waals surface area contributed by atoms with Crippen molar-refractivity contribution in [3.8, 4) is 5.75 Å². The minimum absolute atomic E-state index is 0.0913. The summed E-state index contributed by atoms with van der Waals surface area (Å²) in [4.78, 5) is 28.8. The molecule has 0 radical (unpaired) electrons. The fourth-order valence-electron chi connectivity index (χ4n) is 5.96. The van der Waals surface area contributed by atoms with Crippen molar-refractivity contribution in [2.24, 2.45) is 5.92 Å². The first-order valence-corrected chi connectivity index (χ1v) is 13.9. The Balaban J connectivity index is 1.54. The number of aliphatic hydroxyl groups is 2. The number of benzene rings is 2. The molecule has 0 aromatic heterocycles. The van der Waals surface area contributed by atoms with E-state index >= 15 is 0 Å². The molecule has 3 aliphatic rings. The number of para-hydroxylation sites is 1. The van der Waals surface area contributed by atoms with Crippen LogP contribution in [0.2, 0.25) is 10.0 Å². The predicted octanol–water partition coefficient (Wildman–Crippen LogP) is 4.23. The molecule has 0 saturated heterocycles. The lowest BCUT2D eigenvalue weighted by atomic mass is 9.77. The molecule has 2 aliphatic carbocycles. The van der Waals surface area contributed by atoms with Crippen molar-refractivity contribution in [2.75, 3.05) is 13.2 Å². The maximum absolute atomic E-state index is 13.8. The van der Waals surface area contributed by atoms with Gasteiger partial charge in [0.05, 0.1) is 18.6 Å². The number of aliphatic hydroxyl groups excluding tert-OH is 2. The van der Waals surface area contributed by atoms with Crippen LogP contribution in [0.3, 0.4) is 0 Å². The van der Waals surface area contributed by atoms with Gasteiger partial charge in [-0.05, 0) is 48.6 Å². The maximum atomic E-state index is 13.8. The van der Waals surface area contributed by atoms with Crippen molar-refractivity contribution in [3.63, 3.8) is 0 Å². The number of carbonyl (C=O) groups excluding carboxylic acids is 2. The average molecular weight is 559 g/mol. The molecule has 1 heterocycles. The zero-order chi connectivity index (χ0) is 26.8. The molecule has 38 heavy (non-hydrogen) atoms.